The summed E-state index contributed by atoms with van der Waals surface area (Å²) in [5.41, 5.74) is 0.225. The molecular weight excluding hydrogens is 396 g/mol. The van der Waals surface area contributed by atoms with Crippen molar-refractivity contribution in [2.45, 2.75) is 32.8 Å². The fourth-order valence-corrected chi connectivity index (χ4v) is 3.88. The number of carbonyl (C=O) groups excluding carboxylic acids is 2. The van der Waals surface area contributed by atoms with E-state index in [2.05, 4.69) is 9.46 Å². The van der Waals surface area contributed by atoms with Gasteiger partial charge >= 0.3 is 5.97 Å². The largest absolute Gasteiger partial charge is 0.489 e. The third-order valence-corrected chi connectivity index (χ3v) is 5.46. The number of rotatable bonds is 7. The second-order valence-corrected chi connectivity index (χ2v) is 8.26. The third kappa shape index (κ3) is 6.59. The Hall–Kier alpha value is -2.00. The van der Waals surface area contributed by atoms with Crippen LogP contribution in [0.5, 0.6) is 5.75 Å². The van der Waals surface area contributed by atoms with E-state index in [0.717, 1.165) is 0 Å². The van der Waals surface area contributed by atoms with Gasteiger partial charge in [0.15, 0.2) is 5.75 Å². The van der Waals surface area contributed by atoms with E-state index in [1.165, 1.54) is 12.1 Å². The van der Waals surface area contributed by atoms with Gasteiger partial charge in [0.25, 0.3) is 0 Å². The molecule has 10 heteroatoms. The van der Waals surface area contributed by atoms with Crippen LogP contribution in [-0.2, 0) is 24.3 Å². The minimum absolute atomic E-state index is 0.0472. The summed E-state index contributed by atoms with van der Waals surface area (Å²) in [6.45, 7) is 4.50. The molecule has 0 unspecified atom stereocenters. The average molecular weight is 419 g/mol. The fourth-order valence-electron chi connectivity index (χ4n) is 2.70. The molecule has 1 N–H and O–H groups in total. The lowest BCUT2D eigenvalue weighted by molar-refractivity contribution is -0.140. The number of piperidine rings is 1. The number of likely N-dealkylation sites (tertiary alicyclic amines) is 1. The molecule has 0 radical (unpaired) electrons. The molecular formula is C17H23ClN2O6S. The van der Waals surface area contributed by atoms with Crippen molar-refractivity contribution < 1.29 is 27.5 Å². The van der Waals surface area contributed by atoms with Gasteiger partial charge in [0.2, 0.25) is 15.9 Å². The summed E-state index contributed by atoms with van der Waals surface area (Å²) in [5, 5.41) is 0.250. The number of anilines is 1. The summed E-state index contributed by atoms with van der Waals surface area (Å²) in [7, 11) is -3.89. The van der Waals surface area contributed by atoms with E-state index < -0.39 is 21.7 Å². The molecule has 1 heterocycles. The highest BCUT2D eigenvalue weighted by atomic mass is 35.5. The van der Waals surface area contributed by atoms with Crippen molar-refractivity contribution in [2.24, 2.45) is 0 Å². The topological polar surface area (TPSA) is 102 Å². The maximum absolute atomic E-state index is 12.0. The van der Waals surface area contributed by atoms with Gasteiger partial charge in [-0.1, -0.05) is 11.6 Å². The van der Waals surface area contributed by atoms with Crippen molar-refractivity contribution in [1.82, 2.24) is 4.90 Å². The summed E-state index contributed by atoms with van der Waals surface area (Å²) in [6, 6.07) is 4.50. The average Bonchev–Trinajstić information content (AvgIpc) is 2.57. The molecule has 0 spiro atoms. The molecule has 27 heavy (non-hydrogen) atoms. The van der Waals surface area contributed by atoms with Gasteiger partial charge in [-0.25, -0.2) is 8.42 Å². The maximum Gasteiger partial charge on any atom is 0.323 e. The van der Waals surface area contributed by atoms with Crippen molar-refractivity contribution in [1.29, 1.82) is 0 Å². The predicted molar refractivity (Wildman–Crippen MR) is 101 cm³/mol. The molecule has 1 aromatic rings. The van der Waals surface area contributed by atoms with Crippen LogP contribution in [0.15, 0.2) is 18.2 Å². The molecule has 1 aromatic carbocycles. The number of nitrogens with zero attached hydrogens (tertiary/aromatic N) is 1. The van der Waals surface area contributed by atoms with Crippen molar-refractivity contribution in [2.75, 3.05) is 30.2 Å². The number of carbonyl (C=O) groups is 2. The van der Waals surface area contributed by atoms with Crippen LogP contribution in [0.3, 0.4) is 0 Å². The Morgan fingerprint density at radius 2 is 1.96 bits per heavy atom. The molecule has 0 aromatic heterocycles. The highest BCUT2D eigenvalue weighted by molar-refractivity contribution is 7.93. The first-order valence-electron chi connectivity index (χ1n) is 8.58. The third-order valence-electron chi connectivity index (χ3n) is 4.00. The number of hydrogen-bond acceptors (Lipinski definition) is 6. The van der Waals surface area contributed by atoms with E-state index in [4.69, 9.17) is 16.3 Å². The monoisotopic (exact) mass is 418 g/mol. The molecule has 0 aliphatic carbocycles. The molecule has 2 rings (SSSR count). The predicted octanol–water partition coefficient (Wildman–Crippen LogP) is 2.03. The number of hydrogen-bond donors (Lipinski definition) is 1. The highest BCUT2D eigenvalue weighted by Gasteiger charge is 2.23. The zero-order valence-corrected chi connectivity index (χ0v) is 16.8. The first kappa shape index (κ1) is 21.3. The lowest BCUT2D eigenvalue weighted by Crippen LogP contribution is -2.40. The molecule has 1 saturated heterocycles. The van der Waals surface area contributed by atoms with Gasteiger partial charge in [0, 0.05) is 32.9 Å². The Kier molecular flexibility index (Phi) is 7.32. The highest BCUT2D eigenvalue weighted by Crippen LogP contribution is 2.30. The van der Waals surface area contributed by atoms with E-state index in [1.54, 1.807) is 24.8 Å². The SMILES string of the molecule is CCOC(=O)CS(=O)(=O)Nc1ccc(OC2CCN(C(C)=O)CC2)c(Cl)c1. The van der Waals surface area contributed by atoms with E-state index in [-0.39, 0.29) is 29.3 Å². The van der Waals surface area contributed by atoms with E-state index >= 15 is 0 Å². The van der Waals surface area contributed by atoms with Gasteiger partial charge in [-0.2, -0.15) is 0 Å². The Morgan fingerprint density at radius 1 is 1.30 bits per heavy atom. The lowest BCUT2D eigenvalue weighted by Gasteiger charge is -2.31. The van der Waals surface area contributed by atoms with Crippen LogP contribution in [0.4, 0.5) is 5.69 Å². The second-order valence-electron chi connectivity index (χ2n) is 6.13. The number of sulfonamides is 1. The second kappa shape index (κ2) is 9.27. The molecule has 1 fully saturated rings. The number of nitrogens with one attached hydrogen (secondary N) is 1. The standard InChI is InChI=1S/C17H23ClN2O6S/c1-3-25-17(22)11-27(23,24)19-13-4-5-16(15(18)10-13)26-14-6-8-20(9-7-14)12(2)21/h4-5,10,14,19H,3,6-9,11H2,1-2H3. The molecule has 1 aliphatic heterocycles. The Balaban J connectivity index is 1.95. The molecule has 0 bridgehead atoms. The zero-order valence-electron chi connectivity index (χ0n) is 15.2. The van der Waals surface area contributed by atoms with E-state index in [0.29, 0.717) is 31.7 Å². The van der Waals surface area contributed by atoms with Crippen LogP contribution < -0.4 is 9.46 Å². The van der Waals surface area contributed by atoms with Gasteiger partial charge in [-0.3, -0.25) is 14.3 Å². The van der Waals surface area contributed by atoms with Gasteiger partial charge in [0.05, 0.1) is 17.3 Å². The first-order chi connectivity index (χ1) is 12.7. The van der Waals surface area contributed by atoms with Crippen LogP contribution in [0.1, 0.15) is 26.7 Å². The molecule has 8 nitrogen and oxygen atoms in total. The van der Waals surface area contributed by atoms with E-state index in [9.17, 15) is 18.0 Å². The smallest absolute Gasteiger partial charge is 0.323 e. The Bertz CT molecular complexity index is 791. The zero-order chi connectivity index (χ0) is 20.0. The quantitative estimate of drug-likeness (QED) is 0.680. The number of benzene rings is 1. The summed E-state index contributed by atoms with van der Waals surface area (Å²) < 4.78 is 36.7. The van der Waals surface area contributed by atoms with Crippen molar-refractivity contribution in [3.8, 4) is 5.75 Å². The number of esters is 1. The molecule has 1 amide bonds. The summed E-state index contributed by atoms with van der Waals surface area (Å²) in [4.78, 5) is 24.5. The Morgan fingerprint density at radius 3 is 2.52 bits per heavy atom. The fraction of sp³-hybridized carbons (Fsp3) is 0.529. The van der Waals surface area contributed by atoms with Crippen LogP contribution in [-0.4, -0.2) is 56.7 Å². The molecule has 0 atom stereocenters. The Labute approximate surface area is 163 Å². The van der Waals surface area contributed by atoms with Crippen molar-refractivity contribution in [3.63, 3.8) is 0 Å². The van der Waals surface area contributed by atoms with Crippen LogP contribution in [0.25, 0.3) is 0 Å². The number of ether oxygens (including phenoxy) is 2. The van der Waals surface area contributed by atoms with Crippen LogP contribution >= 0.6 is 11.6 Å². The lowest BCUT2D eigenvalue weighted by atomic mass is 10.1. The molecule has 150 valence electrons. The molecule has 1 aliphatic rings. The summed E-state index contributed by atoms with van der Waals surface area (Å²) in [6.07, 6.45) is 1.33. The summed E-state index contributed by atoms with van der Waals surface area (Å²) >= 11 is 6.20. The minimum atomic E-state index is -3.89. The van der Waals surface area contributed by atoms with Crippen LogP contribution in [0, 0.1) is 0 Å². The van der Waals surface area contributed by atoms with Crippen molar-refractivity contribution in [3.05, 3.63) is 23.2 Å². The van der Waals surface area contributed by atoms with E-state index in [1.807, 2.05) is 0 Å². The maximum atomic E-state index is 12.0. The van der Waals surface area contributed by atoms with Crippen molar-refractivity contribution >= 4 is 39.2 Å². The molecule has 0 saturated carbocycles. The van der Waals surface area contributed by atoms with Gasteiger partial charge in [-0.05, 0) is 25.1 Å². The number of amides is 1. The van der Waals surface area contributed by atoms with Crippen LogP contribution in [0.2, 0.25) is 5.02 Å². The summed E-state index contributed by atoms with van der Waals surface area (Å²) in [5.74, 6) is -1.11. The number of halogens is 1. The minimum Gasteiger partial charge on any atom is -0.489 e. The normalized spacial score (nSPS) is 15.3. The first-order valence-corrected chi connectivity index (χ1v) is 10.6. The van der Waals surface area contributed by atoms with Gasteiger partial charge in [-0.15, -0.1) is 0 Å². The van der Waals surface area contributed by atoms with Gasteiger partial charge < -0.3 is 14.4 Å². The van der Waals surface area contributed by atoms with Gasteiger partial charge in [0.1, 0.15) is 11.9 Å².